The average molecular weight is 147 g/mol. The number of rotatable bonds is 4. The Bertz CT molecular complexity index is 153. The predicted octanol–water partition coefficient (Wildman–Crippen LogP) is -0.142. The van der Waals surface area contributed by atoms with Gasteiger partial charge in [0.25, 0.3) is 0 Å². The molecule has 0 aliphatic rings. The number of nitrogens with zero attached hydrogens (tertiary/aromatic N) is 3. The van der Waals surface area contributed by atoms with Crippen LogP contribution in [0.3, 0.4) is 0 Å². The zero-order valence-corrected chi connectivity index (χ0v) is 4.97. The van der Waals surface area contributed by atoms with Gasteiger partial charge in [0, 0.05) is 0 Å². The first-order valence-electron chi connectivity index (χ1n) is 2.26. The summed E-state index contributed by atoms with van der Waals surface area (Å²) in [5, 5.41) is 17.2. The van der Waals surface area contributed by atoms with Gasteiger partial charge in [-0.3, -0.25) is 0 Å². The van der Waals surface area contributed by atoms with E-state index < -0.39 is 16.6 Å². The van der Waals surface area contributed by atoms with E-state index in [1.807, 2.05) is 0 Å². The molecule has 0 aromatic rings. The zero-order valence-electron chi connectivity index (χ0n) is 4.97. The lowest BCUT2D eigenvalue weighted by Crippen LogP contribution is -2.35. The quantitative estimate of drug-likeness (QED) is 0.313. The summed E-state index contributed by atoms with van der Waals surface area (Å²) >= 11 is 0. The van der Waals surface area contributed by atoms with Gasteiger partial charge >= 0.3 is 0 Å². The van der Waals surface area contributed by atoms with Crippen molar-refractivity contribution in [1.82, 2.24) is 5.12 Å². The van der Waals surface area contributed by atoms with Gasteiger partial charge in [0.1, 0.15) is 0 Å². The minimum Gasteiger partial charge on any atom is -0.230 e. The fraction of sp³-hybridized carbons (Fsp3) is 0.333. The Morgan fingerprint density at radius 2 is 1.80 bits per heavy atom. The zero-order chi connectivity index (χ0) is 8.15. The van der Waals surface area contributed by atoms with Gasteiger partial charge in [-0.1, -0.05) is 6.08 Å². The highest BCUT2D eigenvalue weighted by atomic mass is 16.8. The molecule has 7 heteroatoms. The third-order valence-corrected chi connectivity index (χ3v) is 0.669. The summed E-state index contributed by atoms with van der Waals surface area (Å²) in [5.41, 5.74) is 0. The maximum Gasteiger partial charge on any atom is 0.223 e. The summed E-state index contributed by atoms with van der Waals surface area (Å²) in [4.78, 5) is 19.5. The highest BCUT2D eigenvalue weighted by Gasteiger charge is 2.23. The Kier molecular flexibility index (Phi) is 2.82. The van der Waals surface area contributed by atoms with E-state index in [0.29, 0.717) is 0 Å². The van der Waals surface area contributed by atoms with E-state index >= 15 is 0 Å². The van der Waals surface area contributed by atoms with Crippen molar-refractivity contribution >= 4 is 0 Å². The minimum atomic E-state index is -1.11. The summed E-state index contributed by atoms with van der Waals surface area (Å²) in [6.07, 6.45) is 1.08. The fourth-order valence-corrected chi connectivity index (χ4v) is 0.308. The molecule has 0 radical (unpaired) electrons. The van der Waals surface area contributed by atoms with E-state index in [1.54, 1.807) is 0 Å². The van der Waals surface area contributed by atoms with Crippen molar-refractivity contribution in [1.29, 1.82) is 0 Å². The van der Waals surface area contributed by atoms with Crippen LogP contribution in [-0.2, 0) is 0 Å². The largest absolute Gasteiger partial charge is 0.230 e. The van der Waals surface area contributed by atoms with Crippen LogP contribution in [0.25, 0.3) is 0 Å². The Morgan fingerprint density at radius 3 is 1.90 bits per heavy atom. The van der Waals surface area contributed by atoms with E-state index in [1.165, 1.54) is 0 Å². The molecule has 0 atom stereocenters. The molecule has 56 valence electrons. The highest BCUT2D eigenvalue weighted by Crippen LogP contribution is 1.87. The number of nitro groups is 2. The molecule has 0 aliphatic heterocycles. The van der Waals surface area contributed by atoms with Crippen molar-refractivity contribution in [2.75, 3.05) is 6.54 Å². The third-order valence-electron chi connectivity index (χ3n) is 0.669. The Hall–Kier alpha value is -1.66. The summed E-state index contributed by atoms with van der Waals surface area (Å²) in [7, 11) is 0. The van der Waals surface area contributed by atoms with Crippen molar-refractivity contribution in [3.05, 3.63) is 32.9 Å². The van der Waals surface area contributed by atoms with E-state index in [0.717, 1.165) is 6.08 Å². The first kappa shape index (κ1) is 8.34. The van der Waals surface area contributed by atoms with Gasteiger partial charge < -0.3 is 0 Å². The van der Waals surface area contributed by atoms with E-state index in [2.05, 4.69) is 6.58 Å². The first-order chi connectivity index (χ1) is 4.59. The summed E-state index contributed by atoms with van der Waals surface area (Å²) < 4.78 is 0. The summed E-state index contributed by atoms with van der Waals surface area (Å²) in [6, 6.07) is 0. The van der Waals surface area contributed by atoms with Crippen LogP contribution in [0.2, 0.25) is 0 Å². The second kappa shape index (κ2) is 3.38. The fourth-order valence-electron chi connectivity index (χ4n) is 0.308. The van der Waals surface area contributed by atoms with Gasteiger partial charge in [-0.25, -0.2) is 20.2 Å². The minimum absolute atomic E-state index is 0.160. The Balaban J connectivity index is 4.11. The topological polar surface area (TPSA) is 89.5 Å². The molecule has 0 aliphatic carbocycles. The number of hydrogen-bond donors (Lipinski definition) is 0. The van der Waals surface area contributed by atoms with E-state index in [-0.39, 0.29) is 5.12 Å². The molecule has 0 aromatic heterocycles. The molecule has 0 saturated carbocycles. The van der Waals surface area contributed by atoms with Crippen LogP contribution in [0, 0.1) is 20.2 Å². The van der Waals surface area contributed by atoms with Crippen LogP contribution in [0.1, 0.15) is 0 Å². The van der Waals surface area contributed by atoms with Crippen LogP contribution in [-0.4, -0.2) is 21.7 Å². The molecule has 0 unspecified atom stereocenters. The molecular formula is C3H5N3O4. The maximum absolute atomic E-state index is 9.77. The molecule has 0 heterocycles. The molecule has 0 spiro atoms. The van der Waals surface area contributed by atoms with Gasteiger partial charge in [-0.05, 0) is 0 Å². The van der Waals surface area contributed by atoms with Gasteiger partial charge in [0.05, 0.1) is 0 Å². The van der Waals surface area contributed by atoms with Crippen LogP contribution < -0.4 is 0 Å². The molecule has 7 nitrogen and oxygen atoms in total. The molecule has 0 N–H and O–H groups in total. The molecule has 10 heavy (non-hydrogen) atoms. The van der Waals surface area contributed by atoms with Crippen molar-refractivity contribution in [2.45, 2.75) is 0 Å². The number of hydrazine groups is 2. The molecule has 0 rings (SSSR count). The normalized spacial score (nSPS) is 8.40. The molecule has 0 fully saturated rings. The van der Waals surface area contributed by atoms with Crippen LogP contribution in [0.4, 0.5) is 0 Å². The van der Waals surface area contributed by atoms with Gasteiger partial charge in [0.15, 0.2) is 11.7 Å². The van der Waals surface area contributed by atoms with Crippen molar-refractivity contribution < 1.29 is 10.1 Å². The standard InChI is InChI=1S/C3H5N3O4/c1-2-3-4(5(7)8)6(9)10/h2H,1,3H2. The lowest BCUT2D eigenvalue weighted by molar-refractivity contribution is -0.905. The Labute approximate surface area is 55.8 Å². The lowest BCUT2D eigenvalue weighted by atomic mass is 10.6. The van der Waals surface area contributed by atoms with Crippen LogP contribution in [0.15, 0.2) is 12.7 Å². The van der Waals surface area contributed by atoms with Crippen LogP contribution in [0.5, 0.6) is 0 Å². The van der Waals surface area contributed by atoms with Crippen molar-refractivity contribution in [3.63, 3.8) is 0 Å². The summed E-state index contributed by atoms with van der Waals surface area (Å²) in [5.74, 6) is 0. The monoisotopic (exact) mass is 147 g/mol. The molecule has 0 amide bonds. The average Bonchev–Trinajstić information content (AvgIpc) is 1.81. The highest BCUT2D eigenvalue weighted by molar-refractivity contribution is 4.65. The smallest absolute Gasteiger partial charge is 0.223 e. The molecule has 0 bridgehead atoms. The van der Waals surface area contributed by atoms with E-state index in [4.69, 9.17) is 0 Å². The van der Waals surface area contributed by atoms with Gasteiger partial charge in [0.2, 0.25) is 10.1 Å². The summed E-state index contributed by atoms with van der Waals surface area (Å²) in [6.45, 7) is 2.71. The second-order valence-corrected chi connectivity index (χ2v) is 1.32. The predicted molar refractivity (Wildman–Crippen MR) is 30.9 cm³/mol. The second-order valence-electron chi connectivity index (χ2n) is 1.32. The molecular weight excluding hydrogens is 142 g/mol. The van der Waals surface area contributed by atoms with Crippen molar-refractivity contribution in [2.24, 2.45) is 0 Å². The number of hydrogen-bond acceptors (Lipinski definition) is 4. The van der Waals surface area contributed by atoms with Gasteiger partial charge in [-0.15, -0.1) is 6.58 Å². The van der Waals surface area contributed by atoms with Crippen LogP contribution >= 0.6 is 0 Å². The van der Waals surface area contributed by atoms with Crippen molar-refractivity contribution in [3.8, 4) is 0 Å². The molecule has 0 saturated heterocycles. The third kappa shape index (κ3) is 2.07. The first-order valence-corrected chi connectivity index (χ1v) is 2.26. The van der Waals surface area contributed by atoms with Gasteiger partial charge in [-0.2, -0.15) is 0 Å². The Morgan fingerprint density at radius 1 is 1.40 bits per heavy atom. The lowest BCUT2D eigenvalue weighted by Gasteiger charge is -1.97. The maximum atomic E-state index is 9.77. The molecule has 0 aromatic carbocycles. The SMILES string of the molecule is C=CCN([N+](=O)[O-])[N+](=O)[O-]. The van der Waals surface area contributed by atoms with E-state index in [9.17, 15) is 20.2 Å².